The fourth-order valence-corrected chi connectivity index (χ4v) is 0.162. The molecular weight excluding hydrogens is 117 g/mol. The van der Waals surface area contributed by atoms with E-state index in [0.29, 0.717) is 6.54 Å². The monoisotopic (exact) mass is 125 g/mol. The van der Waals surface area contributed by atoms with Crippen molar-refractivity contribution in [1.29, 1.82) is 0 Å². The molecule has 0 saturated heterocycles. The highest BCUT2D eigenvalue weighted by Gasteiger charge is 1.72. The topological polar surface area (TPSA) is 26.0 Å². The van der Waals surface area contributed by atoms with Crippen molar-refractivity contribution in [2.24, 2.45) is 5.73 Å². The normalized spacial score (nSPS) is 10.4. The van der Waals surface area contributed by atoms with Gasteiger partial charge in [-0.3, -0.25) is 0 Å². The minimum absolute atomic E-state index is 0. The molecule has 0 rings (SSSR count). The summed E-state index contributed by atoms with van der Waals surface area (Å²) in [5.41, 5.74) is 4.91. The van der Waals surface area contributed by atoms with Gasteiger partial charge in [0.05, 0.1) is 5.83 Å². The summed E-state index contributed by atoms with van der Waals surface area (Å²) in [6, 6.07) is 0. The lowest BCUT2D eigenvalue weighted by atomic mass is 10.5. The van der Waals surface area contributed by atoms with Gasteiger partial charge in [0.25, 0.3) is 0 Å². The van der Waals surface area contributed by atoms with Crippen molar-refractivity contribution in [3.8, 4) is 0 Å². The molecular formula is C4H9ClFN. The Labute approximate surface area is 48.8 Å². The van der Waals surface area contributed by atoms with Gasteiger partial charge < -0.3 is 5.73 Å². The van der Waals surface area contributed by atoms with Crippen LogP contribution in [0.4, 0.5) is 4.39 Å². The largest absolute Gasteiger partial charge is 0.327 e. The Balaban J connectivity index is 0. The van der Waals surface area contributed by atoms with Gasteiger partial charge in [-0.05, 0) is 13.0 Å². The minimum Gasteiger partial charge on any atom is -0.327 e. The van der Waals surface area contributed by atoms with E-state index in [2.05, 4.69) is 0 Å². The quantitative estimate of drug-likeness (QED) is 0.561. The number of nitrogens with two attached hydrogens (primary N) is 1. The Morgan fingerprint density at radius 3 is 2.29 bits per heavy atom. The van der Waals surface area contributed by atoms with E-state index in [4.69, 9.17) is 5.73 Å². The fraction of sp³-hybridized carbons (Fsp3) is 0.500. The average Bonchev–Trinajstić information content (AvgIpc) is 1.35. The molecule has 0 aromatic rings. The van der Waals surface area contributed by atoms with Gasteiger partial charge in [-0.15, -0.1) is 12.4 Å². The van der Waals surface area contributed by atoms with E-state index in [-0.39, 0.29) is 18.2 Å². The molecule has 44 valence electrons. The van der Waals surface area contributed by atoms with E-state index in [0.717, 1.165) is 0 Å². The van der Waals surface area contributed by atoms with E-state index >= 15 is 0 Å². The lowest BCUT2D eigenvalue weighted by Crippen LogP contribution is -1.92. The third-order valence-corrected chi connectivity index (χ3v) is 0.399. The molecule has 0 saturated carbocycles. The Kier molecular flexibility index (Phi) is 8.47. The fourth-order valence-electron chi connectivity index (χ4n) is 0.162. The van der Waals surface area contributed by atoms with Gasteiger partial charge in [0.1, 0.15) is 0 Å². The molecule has 0 aromatic heterocycles. The van der Waals surface area contributed by atoms with Crippen LogP contribution in [0.2, 0.25) is 0 Å². The van der Waals surface area contributed by atoms with Crippen LogP contribution < -0.4 is 5.73 Å². The average molecular weight is 126 g/mol. The van der Waals surface area contributed by atoms with E-state index in [1.54, 1.807) is 0 Å². The van der Waals surface area contributed by atoms with Crippen LogP contribution in [-0.4, -0.2) is 6.54 Å². The summed E-state index contributed by atoms with van der Waals surface area (Å²) in [4.78, 5) is 0. The van der Waals surface area contributed by atoms with Crippen molar-refractivity contribution in [3.63, 3.8) is 0 Å². The smallest absolute Gasteiger partial charge is 0.0941 e. The molecule has 2 N–H and O–H groups in total. The molecule has 0 aromatic carbocycles. The molecule has 3 heteroatoms. The van der Waals surface area contributed by atoms with E-state index < -0.39 is 0 Å². The molecule has 0 aliphatic heterocycles. The van der Waals surface area contributed by atoms with Gasteiger partial charge >= 0.3 is 0 Å². The Bertz CT molecular complexity index is 58.7. The van der Waals surface area contributed by atoms with Crippen molar-refractivity contribution in [3.05, 3.63) is 11.9 Å². The van der Waals surface area contributed by atoms with Gasteiger partial charge in [0, 0.05) is 6.54 Å². The SMILES string of the molecule is CC(F)=CCN.Cl. The Morgan fingerprint density at radius 2 is 2.29 bits per heavy atom. The summed E-state index contributed by atoms with van der Waals surface area (Å²) in [5, 5.41) is 0. The van der Waals surface area contributed by atoms with Gasteiger partial charge in [0.2, 0.25) is 0 Å². The van der Waals surface area contributed by atoms with Gasteiger partial charge in [-0.1, -0.05) is 0 Å². The van der Waals surface area contributed by atoms with E-state index in [1.807, 2.05) is 0 Å². The zero-order valence-corrected chi connectivity index (χ0v) is 4.96. The maximum Gasteiger partial charge on any atom is 0.0941 e. The second-order valence-corrected chi connectivity index (χ2v) is 1.03. The summed E-state index contributed by atoms with van der Waals surface area (Å²) in [5.74, 6) is -0.211. The van der Waals surface area contributed by atoms with Crippen molar-refractivity contribution in [2.75, 3.05) is 6.54 Å². The van der Waals surface area contributed by atoms with Crippen LogP contribution in [0.5, 0.6) is 0 Å². The lowest BCUT2D eigenvalue weighted by molar-refractivity contribution is 0.636. The molecule has 0 atom stereocenters. The third kappa shape index (κ3) is 10.7. The number of halogens is 2. The first kappa shape index (κ1) is 10.0. The lowest BCUT2D eigenvalue weighted by Gasteiger charge is -1.76. The molecule has 0 aliphatic rings. The molecule has 0 amide bonds. The summed E-state index contributed by atoms with van der Waals surface area (Å²) in [6.45, 7) is 1.66. The first-order chi connectivity index (χ1) is 2.77. The van der Waals surface area contributed by atoms with Crippen LogP contribution >= 0.6 is 12.4 Å². The predicted octanol–water partition coefficient (Wildman–Crippen LogP) is 1.24. The van der Waals surface area contributed by atoms with Gasteiger partial charge in [0.15, 0.2) is 0 Å². The van der Waals surface area contributed by atoms with Crippen molar-refractivity contribution < 1.29 is 4.39 Å². The Hall–Kier alpha value is -0.0800. The first-order valence-corrected chi connectivity index (χ1v) is 1.79. The number of hydrogen-bond acceptors (Lipinski definition) is 1. The molecule has 0 heterocycles. The van der Waals surface area contributed by atoms with Crippen molar-refractivity contribution >= 4 is 12.4 Å². The highest BCUT2D eigenvalue weighted by Crippen LogP contribution is 1.87. The number of hydrogen-bond donors (Lipinski definition) is 1. The number of rotatable bonds is 1. The standard InChI is InChI=1S/C4H8FN.ClH/c1-4(5)2-3-6;/h2H,3,6H2,1H3;1H. The molecule has 0 aliphatic carbocycles. The molecule has 1 nitrogen and oxygen atoms in total. The van der Waals surface area contributed by atoms with E-state index in [1.165, 1.54) is 13.0 Å². The van der Waals surface area contributed by atoms with Crippen LogP contribution in [0.1, 0.15) is 6.92 Å². The van der Waals surface area contributed by atoms with Crippen molar-refractivity contribution in [2.45, 2.75) is 6.92 Å². The van der Waals surface area contributed by atoms with Gasteiger partial charge in [-0.2, -0.15) is 0 Å². The molecule has 0 fully saturated rings. The molecule has 7 heavy (non-hydrogen) atoms. The zero-order valence-electron chi connectivity index (χ0n) is 4.15. The van der Waals surface area contributed by atoms with Crippen molar-refractivity contribution in [1.82, 2.24) is 0 Å². The van der Waals surface area contributed by atoms with Crippen LogP contribution in [0.3, 0.4) is 0 Å². The minimum atomic E-state index is -0.211. The summed E-state index contributed by atoms with van der Waals surface area (Å²) < 4.78 is 11.5. The van der Waals surface area contributed by atoms with Crippen LogP contribution in [-0.2, 0) is 0 Å². The maximum atomic E-state index is 11.5. The highest BCUT2D eigenvalue weighted by atomic mass is 35.5. The summed E-state index contributed by atoms with van der Waals surface area (Å²) >= 11 is 0. The second kappa shape index (κ2) is 5.92. The predicted molar refractivity (Wildman–Crippen MR) is 31.2 cm³/mol. The molecule has 0 radical (unpaired) electrons. The number of allylic oxidation sites excluding steroid dienone is 1. The van der Waals surface area contributed by atoms with Crippen LogP contribution in [0.15, 0.2) is 11.9 Å². The molecule has 0 unspecified atom stereocenters. The molecule has 0 bridgehead atoms. The summed E-state index contributed by atoms with van der Waals surface area (Å²) in [7, 11) is 0. The third-order valence-electron chi connectivity index (χ3n) is 0.399. The molecule has 0 spiro atoms. The van der Waals surface area contributed by atoms with Gasteiger partial charge in [-0.25, -0.2) is 4.39 Å². The highest BCUT2D eigenvalue weighted by molar-refractivity contribution is 5.85. The summed E-state index contributed by atoms with van der Waals surface area (Å²) in [6.07, 6.45) is 1.32. The van der Waals surface area contributed by atoms with E-state index in [9.17, 15) is 4.39 Å². The maximum absolute atomic E-state index is 11.5. The second-order valence-electron chi connectivity index (χ2n) is 1.03. The zero-order chi connectivity index (χ0) is 4.99. The Morgan fingerprint density at radius 1 is 1.86 bits per heavy atom. The van der Waals surface area contributed by atoms with Crippen LogP contribution in [0.25, 0.3) is 0 Å². The first-order valence-electron chi connectivity index (χ1n) is 1.79. The van der Waals surface area contributed by atoms with Crippen LogP contribution in [0, 0.1) is 0 Å².